The molecule has 186 valence electrons. The lowest BCUT2D eigenvalue weighted by molar-refractivity contribution is -0.274. The summed E-state index contributed by atoms with van der Waals surface area (Å²) < 4.78 is 40.8. The van der Waals surface area contributed by atoms with Crippen molar-refractivity contribution in [1.29, 1.82) is 0 Å². The number of para-hydroxylation sites is 1. The molecule has 0 spiro atoms. The molecule has 0 bridgehead atoms. The number of alkyl halides is 3. The average Bonchev–Trinajstić information content (AvgIpc) is 3.39. The number of fused-ring (bicyclic) bond motifs is 1. The summed E-state index contributed by atoms with van der Waals surface area (Å²) in [6.07, 6.45) is -4.75. The number of ether oxygens (including phenoxy) is 1. The van der Waals surface area contributed by atoms with Crippen LogP contribution in [0.25, 0.3) is 21.6 Å². The van der Waals surface area contributed by atoms with Gasteiger partial charge in [-0.3, -0.25) is 9.69 Å². The van der Waals surface area contributed by atoms with E-state index in [1.165, 1.54) is 24.3 Å². The van der Waals surface area contributed by atoms with Crippen molar-refractivity contribution in [2.45, 2.75) is 6.36 Å². The Bertz CT molecular complexity index is 1340. The average molecular weight is 514 g/mol. The summed E-state index contributed by atoms with van der Waals surface area (Å²) in [4.78, 5) is 27.4. The minimum atomic E-state index is -4.75. The molecule has 11 heteroatoms. The molecular formula is C25H22F3N5O2S. The molecular weight excluding hydrogens is 491 g/mol. The van der Waals surface area contributed by atoms with Crippen LogP contribution in [0.4, 0.5) is 24.7 Å². The molecule has 1 aliphatic rings. The molecule has 0 aliphatic carbocycles. The highest BCUT2D eigenvalue weighted by molar-refractivity contribution is 7.13. The first-order chi connectivity index (χ1) is 17.3. The maximum Gasteiger partial charge on any atom is 0.573 e. The van der Waals surface area contributed by atoms with E-state index in [4.69, 9.17) is 9.97 Å². The molecule has 3 heterocycles. The van der Waals surface area contributed by atoms with E-state index in [1.54, 1.807) is 11.3 Å². The van der Waals surface area contributed by atoms with Gasteiger partial charge in [0.25, 0.3) is 0 Å². The SMILES string of the molecule is O=C(CN1CCN(c2nc(-c3cccs3)nc3ccccc23)CC1)Nc1ccc(OC(F)(F)F)cc1. The van der Waals surface area contributed by atoms with Gasteiger partial charge in [-0.15, -0.1) is 24.5 Å². The Kier molecular flexibility index (Phi) is 6.75. The van der Waals surface area contributed by atoms with Crippen LogP contribution in [0, 0.1) is 0 Å². The van der Waals surface area contributed by atoms with Crippen LogP contribution in [0.3, 0.4) is 0 Å². The lowest BCUT2D eigenvalue weighted by Crippen LogP contribution is -2.49. The van der Waals surface area contributed by atoms with Gasteiger partial charge in [-0.25, -0.2) is 9.97 Å². The number of rotatable bonds is 6. The van der Waals surface area contributed by atoms with Crippen LogP contribution < -0.4 is 15.0 Å². The third-order valence-electron chi connectivity index (χ3n) is 5.74. The van der Waals surface area contributed by atoms with Gasteiger partial charge in [0.1, 0.15) is 11.6 Å². The number of aromatic nitrogens is 2. The van der Waals surface area contributed by atoms with Gasteiger partial charge in [0.15, 0.2) is 5.82 Å². The lowest BCUT2D eigenvalue weighted by Gasteiger charge is -2.35. The first kappa shape index (κ1) is 24.0. The number of halogens is 3. The predicted molar refractivity (Wildman–Crippen MR) is 133 cm³/mol. The van der Waals surface area contributed by atoms with Crippen molar-refractivity contribution in [2.75, 3.05) is 42.9 Å². The molecule has 0 radical (unpaired) electrons. The van der Waals surface area contributed by atoms with Crippen molar-refractivity contribution in [3.8, 4) is 16.5 Å². The van der Waals surface area contributed by atoms with Crippen molar-refractivity contribution >= 4 is 39.7 Å². The first-order valence-corrected chi connectivity index (χ1v) is 12.2. The smallest absolute Gasteiger partial charge is 0.406 e. The van der Waals surface area contributed by atoms with E-state index in [9.17, 15) is 18.0 Å². The molecule has 7 nitrogen and oxygen atoms in total. The van der Waals surface area contributed by atoms with Crippen LogP contribution in [0.5, 0.6) is 5.75 Å². The van der Waals surface area contributed by atoms with E-state index in [0.29, 0.717) is 37.7 Å². The summed E-state index contributed by atoms with van der Waals surface area (Å²) >= 11 is 1.60. The fourth-order valence-electron chi connectivity index (χ4n) is 4.08. The van der Waals surface area contributed by atoms with Gasteiger partial charge in [0.2, 0.25) is 5.91 Å². The van der Waals surface area contributed by atoms with Gasteiger partial charge < -0.3 is 15.0 Å². The highest BCUT2D eigenvalue weighted by Crippen LogP contribution is 2.30. The second-order valence-electron chi connectivity index (χ2n) is 8.25. The molecule has 1 aliphatic heterocycles. The zero-order valence-corrected chi connectivity index (χ0v) is 19.9. The van der Waals surface area contributed by atoms with E-state index in [2.05, 4.69) is 15.0 Å². The Morgan fingerprint density at radius 1 is 0.972 bits per heavy atom. The molecule has 2 aromatic heterocycles. The minimum Gasteiger partial charge on any atom is -0.406 e. The van der Waals surface area contributed by atoms with Crippen LogP contribution in [-0.4, -0.2) is 59.9 Å². The number of anilines is 2. The number of nitrogens with zero attached hydrogens (tertiary/aromatic N) is 4. The second kappa shape index (κ2) is 10.1. The Hall–Kier alpha value is -3.70. The van der Waals surface area contributed by atoms with E-state index in [1.807, 2.05) is 46.7 Å². The van der Waals surface area contributed by atoms with E-state index < -0.39 is 6.36 Å². The number of hydrogen-bond acceptors (Lipinski definition) is 7. The van der Waals surface area contributed by atoms with Crippen LogP contribution in [0.15, 0.2) is 66.0 Å². The van der Waals surface area contributed by atoms with Crippen LogP contribution in [0.2, 0.25) is 0 Å². The van der Waals surface area contributed by atoms with E-state index in [0.717, 1.165) is 21.6 Å². The maximum atomic E-state index is 12.5. The lowest BCUT2D eigenvalue weighted by atomic mass is 10.2. The molecule has 5 rings (SSSR count). The quantitative estimate of drug-likeness (QED) is 0.391. The van der Waals surface area contributed by atoms with Crippen LogP contribution in [0.1, 0.15) is 0 Å². The standard InChI is InChI=1S/C25H22F3N5O2S/c26-25(27,28)35-18-9-7-17(8-10-18)29-22(34)16-32-11-13-33(14-12-32)24-19-4-1-2-5-20(19)30-23(31-24)21-6-3-15-36-21/h1-10,15H,11-14,16H2,(H,29,34). The highest BCUT2D eigenvalue weighted by atomic mass is 32.1. The normalized spacial score (nSPS) is 14.7. The highest BCUT2D eigenvalue weighted by Gasteiger charge is 2.31. The van der Waals surface area contributed by atoms with E-state index in [-0.39, 0.29) is 18.2 Å². The van der Waals surface area contributed by atoms with Crippen LogP contribution in [-0.2, 0) is 4.79 Å². The minimum absolute atomic E-state index is 0.180. The molecule has 1 amide bonds. The van der Waals surface area contributed by atoms with Crippen LogP contribution >= 0.6 is 11.3 Å². The van der Waals surface area contributed by atoms with Gasteiger partial charge in [-0.1, -0.05) is 18.2 Å². The molecule has 0 atom stereocenters. The van der Waals surface area contributed by atoms with Gasteiger partial charge >= 0.3 is 6.36 Å². The first-order valence-electron chi connectivity index (χ1n) is 11.3. The number of nitrogens with one attached hydrogen (secondary N) is 1. The fourth-order valence-corrected chi connectivity index (χ4v) is 4.74. The Morgan fingerprint density at radius 2 is 1.72 bits per heavy atom. The fraction of sp³-hybridized carbons (Fsp3) is 0.240. The summed E-state index contributed by atoms with van der Waals surface area (Å²) in [5.74, 6) is 1.01. The number of carbonyl (C=O) groups is 1. The Balaban J connectivity index is 1.21. The Morgan fingerprint density at radius 3 is 2.42 bits per heavy atom. The second-order valence-corrected chi connectivity index (χ2v) is 9.20. The third kappa shape index (κ3) is 5.74. The summed E-state index contributed by atoms with van der Waals surface area (Å²) in [5.41, 5.74) is 1.29. The zero-order chi connectivity index (χ0) is 25.1. The molecule has 2 aromatic carbocycles. The van der Waals surface area contributed by atoms with Gasteiger partial charge in [0.05, 0.1) is 16.9 Å². The Labute approximate surface area is 209 Å². The number of amides is 1. The number of carbonyl (C=O) groups excluding carboxylic acids is 1. The summed E-state index contributed by atoms with van der Waals surface area (Å²) in [7, 11) is 0. The van der Waals surface area contributed by atoms with Crippen molar-refractivity contribution in [3.63, 3.8) is 0 Å². The summed E-state index contributed by atoms with van der Waals surface area (Å²) in [6.45, 7) is 2.90. The van der Waals surface area contributed by atoms with Crippen molar-refractivity contribution in [2.24, 2.45) is 0 Å². The molecule has 1 saturated heterocycles. The van der Waals surface area contributed by atoms with Crippen molar-refractivity contribution < 1.29 is 22.7 Å². The number of benzene rings is 2. The summed E-state index contributed by atoms with van der Waals surface area (Å²) in [6, 6.07) is 17.0. The number of piperazine rings is 1. The largest absolute Gasteiger partial charge is 0.573 e. The molecule has 1 N–H and O–H groups in total. The zero-order valence-electron chi connectivity index (χ0n) is 19.0. The third-order valence-corrected chi connectivity index (χ3v) is 6.60. The molecule has 4 aromatic rings. The van der Waals surface area contributed by atoms with Gasteiger partial charge in [0, 0.05) is 37.3 Å². The van der Waals surface area contributed by atoms with Gasteiger partial charge in [-0.2, -0.15) is 0 Å². The molecule has 36 heavy (non-hydrogen) atoms. The van der Waals surface area contributed by atoms with Crippen molar-refractivity contribution in [1.82, 2.24) is 14.9 Å². The molecule has 0 saturated carbocycles. The summed E-state index contributed by atoms with van der Waals surface area (Å²) in [5, 5.41) is 5.71. The van der Waals surface area contributed by atoms with E-state index >= 15 is 0 Å². The number of thiophene rings is 1. The maximum absolute atomic E-state index is 12.5. The number of hydrogen-bond donors (Lipinski definition) is 1. The van der Waals surface area contributed by atoms with Gasteiger partial charge in [-0.05, 0) is 47.8 Å². The topological polar surface area (TPSA) is 70.6 Å². The molecule has 0 unspecified atom stereocenters. The molecule has 1 fully saturated rings. The predicted octanol–water partition coefficient (Wildman–Crippen LogP) is 5.02. The van der Waals surface area contributed by atoms with Crippen molar-refractivity contribution in [3.05, 3.63) is 66.0 Å². The monoisotopic (exact) mass is 513 g/mol.